The van der Waals surface area contributed by atoms with Gasteiger partial charge in [0.25, 0.3) is 0 Å². The number of fused-ring (bicyclic) bond motifs is 1. The van der Waals surface area contributed by atoms with E-state index < -0.39 is 11.7 Å². The summed E-state index contributed by atoms with van der Waals surface area (Å²) in [6.07, 6.45) is -0.407. The molecule has 7 heteroatoms. The van der Waals surface area contributed by atoms with Crippen LogP contribution in [-0.2, 0) is 24.1 Å². The summed E-state index contributed by atoms with van der Waals surface area (Å²) in [5.41, 5.74) is 0.790. The minimum atomic E-state index is -4.35. The predicted octanol–water partition coefficient (Wildman–Crippen LogP) is 3.26. The lowest BCUT2D eigenvalue weighted by Crippen LogP contribution is -2.48. The van der Waals surface area contributed by atoms with Gasteiger partial charge in [-0.1, -0.05) is 13.0 Å². The van der Waals surface area contributed by atoms with E-state index in [0.29, 0.717) is 18.0 Å². The number of nitrogens with one attached hydrogen (secondary N) is 2. The van der Waals surface area contributed by atoms with Crippen LogP contribution in [0.2, 0.25) is 0 Å². The van der Waals surface area contributed by atoms with E-state index in [-0.39, 0.29) is 23.9 Å². The van der Waals surface area contributed by atoms with Crippen molar-refractivity contribution in [3.05, 3.63) is 34.9 Å². The van der Waals surface area contributed by atoms with Crippen molar-refractivity contribution in [2.75, 3.05) is 13.2 Å². The molecule has 0 bridgehead atoms. The zero-order valence-electron chi connectivity index (χ0n) is 15.5. The maximum Gasteiger partial charge on any atom is 0.416 e. The van der Waals surface area contributed by atoms with Crippen molar-refractivity contribution in [2.24, 2.45) is 11.8 Å². The molecule has 148 valence electrons. The zero-order valence-corrected chi connectivity index (χ0v) is 15.5. The van der Waals surface area contributed by atoms with Gasteiger partial charge in [0.1, 0.15) is 0 Å². The van der Waals surface area contributed by atoms with E-state index in [2.05, 4.69) is 10.6 Å². The van der Waals surface area contributed by atoms with Gasteiger partial charge in [-0.15, -0.1) is 0 Å². The lowest BCUT2D eigenvalue weighted by atomic mass is 9.82. The maximum absolute atomic E-state index is 13.2. The van der Waals surface area contributed by atoms with Gasteiger partial charge in [-0.25, -0.2) is 0 Å². The number of carbonyl (C=O) groups is 1. The van der Waals surface area contributed by atoms with Gasteiger partial charge in [-0.05, 0) is 54.9 Å². The van der Waals surface area contributed by atoms with Crippen LogP contribution >= 0.6 is 0 Å². The number of halogens is 3. The molecule has 2 N–H and O–H groups in total. The molecule has 27 heavy (non-hydrogen) atoms. The van der Waals surface area contributed by atoms with Gasteiger partial charge in [-0.3, -0.25) is 10.1 Å². The van der Waals surface area contributed by atoms with Crippen molar-refractivity contribution in [3.8, 4) is 0 Å². The Bertz CT molecular complexity index is 724. The fourth-order valence-corrected chi connectivity index (χ4v) is 4.65. The average Bonchev–Trinajstić information content (AvgIpc) is 3.24. The maximum atomic E-state index is 13.2. The molecule has 1 aromatic carbocycles. The number of amides is 1. The van der Waals surface area contributed by atoms with Crippen LogP contribution in [0.3, 0.4) is 0 Å². The second-order valence-corrected chi connectivity index (χ2v) is 8.20. The summed E-state index contributed by atoms with van der Waals surface area (Å²) < 4.78 is 38.9. The molecule has 2 aliphatic heterocycles. The Kier molecular flexibility index (Phi) is 4.71. The average molecular weight is 381 g/mol. The summed E-state index contributed by atoms with van der Waals surface area (Å²) in [5.74, 6) is 0.588. The molecule has 0 spiro atoms. The molecule has 2 fully saturated rings. The fourth-order valence-electron chi connectivity index (χ4n) is 4.65. The monoisotopic (exact) mass is 381 g/mol. The number of carbonyl (C=O) groups excluding carboxylic acids is 1. The van der Waals surface area contributed by atoms with Gasteiger partial charge in [0.15, 0.2) is 0 Å². The van der Waals surface area contributed by atoms with Crippen molar-refractivity contribution in [1.29, 1.82) is 0 Å². The molecule has 0 unspecified atom stereocenters. The zero-order chi connectivity index (χ0) is 19.2. The summed E-state index contributed by atoms with van der Waals surface area (Å²) in [5, 5.41) is 6.94. The lowest BCUT2D eigenvalue weighted by Gasteiger charge is -2.33. The van der Waals surface area contributed by atoms with E-state index in [4.69, 9.17) is 0 Å². The predicted molar refractivity (Wildman–Crippen MR) is 95.6 cm³/mol. The first-order chi connectivity index (χ1) is 12.8. The standard InChI is InChI=1S/C20H26F3N3O/c1-2-13(8-19(16-5-6-16)11-24-12-25-19)18(27)26-9-14-3-4-17(20(21,22)23)7-15(14)10-26/h3-4,7,13,16,24-25H,2,5-6,8-12H2,1H3/t13-,19-/m1/s1. The van der Waals surface area contributed by atoms with Crippen molar-refractivity contribution in [3.63, 3.8) is 0 Å². The SMILES string of the molecule is CC[C@H](C[C@]1(C2CC2)CNCN1)C(=O)N1Cc2ccc(C(F)(F)F)cc2C1. The molecule has 3 aliphatic rings. The molecular weight excluding hydrogens is 355 g/mol. The van der Waals surface area contributed by atoms with Gasteiger partial charge < -0.3 is 10.2 Å². The minimum Gasteiger partial charge on any atom is -0.334 e. The Labute approximate surface area is 157 Å². The van der Waals surface area contributed by atoms with E-state index in [9.17, 15) is 18.0 Å². The highest BCUT2D eigenvalue weighted by atomic mass is 19.4. The molecule has 0 radical (unpaired) electrons. The molecule has 1 amide bonds. The Balaban J connectivity index is 1.47. The molecule has 4 rings (SSSR count). The second kappa shape index (κ2) is 6.78. The van der Waals surface area contributed by atoms with Crippen LogP contribution < -0.4 is 10.6 Å². The Morgan fingerprint density at radius 3 is 2.63 bits per heavy atom. The van der Waals surface area contributed by atoms with Crippen LogP contribution in [0.4, 0.5) is 13.2 Å². The highest BCUT2D eigenvalue weighted by molar-refractivity contribution is 5.79. The number of alkyl halides is 3. The van der Waals surface area contributed by atoms with Crippen molar-refractivity contribution >= 4 is 5.91 Å². The smallest absolute Gasteiger partial charge is 0.334 e. The summed E-state index contributed by atoms with van der Waals surface area (Å²) >= 11 is 0. The van der Waals surface area contributed by atoms with Gasteiger partial charge in [0.2, 0.25) is 5.91 Å². The van der Waals surface area contributed by atoms with Crippen molar-refractivity contribution in [1.82, 2.24) is 15.5 Å². The Hall–Kier alpha value is -1.60. The first kappa shape index (κ1) is 18.7. The van der Waals surface area contributed by atoms with Gasteiger partial charge in [0.05, 0.1) is 5.56 Å². The molecule has 1 saturated carbocycles. The normalized spacial score (nSPS) is 26.3. The number of benzene rings is 1. The van der Waals surface area contributed by atoms with E-state index in [1.807, 2.05) is 6.92 Å². The largest absolute Gasteiger partial charge is 0.416 e. The molecule has 1 aliphatic carbocycles. The quantitative estimate of drug-likeness (QED) is 0.823. The van der Waals surface area contributed by atoms with Crippen LogP contribution in [0.25, 0.3) is 0 Å². The summed E-state index contributed by atoms with van der Waals surface area (Å²) in [4.78, 5) is 14.9. The van der Waals surface area contributed by atoms with Gasteiger partial charge in [0, 0.05) is 37.8 Å². The lowest BCUT2D eigenvalue weighted by molar-refractivity contribution is -0.137. The second-order valence-electron chi connectivity index (χ2n) is 8.20. The van der Waals surface area contributed by atoms with Crippen molar-refractivity contribution in [2.45, 2.75) is 57.4 Å². The van der Waals surface area contributed by atoms with Crippen LogP contribution in [0.15, 0.2) is 18.2 Å². The fraction of sp³-hybridized carbons (Fsp3) is 0.650. The van der Waals surface area contributed by atoms with Crippen LogP contribution in [0.1, 0.15) is 49.3 Å². The van der Waals surface area contributed by atoms with E-state index in [0.717, 1.165) is 37.7 Å². The van der Waals surface area contributed by atoms with Gasteiger partial charge >= 0.3 is 6.18 Å². The molecular formula is C20H26F3N3O. The third-order valence-electron chi connectivity index (χ3n) is 6.39. The van der Waals surface area contributed by atoms with Crippen molar-refractivity contribution < 1.29 is 18.0 Å². The van der Waals surface area contributed by atoms with Crippen LogP contribution in [-0.4, -0.2) is 29.6 Å². The third-order valence-corrected chi connectivity index (χ3v) is 6.39. The topological polar surface area (TPSA) is 44.4 Å². The number of rotatable bonds is 5. The summed E-state index contributed by atoms with van der Waals surface area (Å²) in [6, 6.07) is 3.82. The van der Waals surface area contributed by atoms with E-state index >= 15 is 0 Å². The first-order valence-corrected chi connectivity index (χ1v) is 9.76. The molecule has 1 saturated heterocycles. The molecule has 2 atom stereocenters. The third kappa shape index (κ3) is 3.59. The molecule has 4 nitrogen and oxygen atoms in total. The van der Waals surface area contributed by atoms with Gasteiger partial charge in [-0.2, -0.15) is 13.2 Å². The highest BCUT2D eigenvalue weighted by Crippen LogP contribution is 2.44. The van der Waals surface area contributed by atoms with Crippen LogP contribution in [0, 0.1) is 11.8 Å². The number of nitrogens with zero attached hydrogens (tertiary/aromatic N) is 1. The number of hydrogen-bond donors (Lipinski definition) is 2. The van der Waals surface area contributed by atoms with Crippen LogP contribution in [0.5, 0.6) is 0 Å². The molecule has 2 heterocycles. The number of hydrogen-bond acceptors (Lipinski definition) is 3. The molecule has 1 aromatic rings. The Morgan fingerprint density at radius 1 is 1.30 bits per heavy atom. The summed E-state index contributed by atoms with van der Waals surface area (Å²) in [7, 11) is 0. The van der Waals surface area contributed by atoms with E-state index in [1.165, 1.54) is 25.0 Å². The summed E-state index contributed by atoms with van der Waals surface area (Å²) in [6.45, 7) is 4.37. The Morgan fingerprint density at radius 2 is 2.04 bits per heavy atom. The van der Waals surface area contributed by atoms with E-state index in [1.54, 1.807) is 4.90 Å². The first-order valence-electron chi connectivity index (χ1n) is 9.76. The highest BCUT2D eigenvalue weighted by Gasteiger charge is 2.49. The minimum absolute atomic E-state index is 0.00757. The molecule has 0 aromatic heterocycles.